The Morgan fingerprint density at radius 2 is 0.379 bits per heavy atom. The number of hydrogen-bond acceptors (Lipinski definition) is 30. The molecule has 0 bridgehead atoms. The SMILES string of the molecule is C=C1CCC(=O)N1OC(=O)CC[15NH]C(=O)CC[15NH]C(=O)[13CH]1[13CH2][13CH2][13CH2]N1[13CH2]C([13CH3])[13CH3].C=C1CCC(=O)N1OC(=O)CC[15NH][13C](=O)CCNC(=O)[13CH]1[13CH2][13CH2][13CH2][15N]1[13CH2][13CH](C)C.C=C1CCC(=O)N1O[13C](=O)CC[15NH]C(=O)CC[15NH]C(=O)[13CH]1[13CH2][13CH2][13CH2]N1[13CH2][13CH](C)C.C=C1CCC(=O)N1O[13C](=O)CC[15NH][13C](=O)CCNC(=O)[13CH]1CCC[15N]1[13CH2][13CH]([13CH3])[13CH3].C=C1CCC(=O)N1O[13C](=O)CC[15NH][13C](=O)CC[15NH]C(=O)[13CH]1CCCN1[13CH2][13CH]([13CH3])[13CH3]. The molecule has 10 saturated heterocycles. The van der Waals surface area contributed by atoms with Crippen molar-refractivity contribution in [3.8, 4) is 0 Å². The molecule has 0 aromatic heterocycles. The van der Waals surface area contributed by atoms with E-state index in [4.69, 9.17) is 24.2 Å². The van der Waals surface area contributed by atoms with Crippen molar-refractivity contribution in [2.24, 2.45) is 29.6 Å². The van der Waals surface area contributed by atoms with Crippen LogP contribution in [0.1, 0.15) is 262 Å². The molecule has 10 heterocycles. The number of hydrogen-bond donors (Lipinski definition) is 10. The van der Waals surface area contributed by atoms with E-state index < -0.39 is 29.8 Å². The van der Waals surface area contributed by atoms with Crippen molar-refractivity contribution in [3.05, 3.63) is 61.4 Å². The first-order chi connectivity index (χ1) is 68.9. The Labute approximate surface area is 851 Å². The minimum atomic E-state index is -0.610. The molecule has 15 amide bonds. The summed E-state index contributed by atoms with van der Waals surface area (Å²) in [4.78, 5) is 273. The fourth-order valence-corrected chi connectivity index (χ4v) is 17.6. The zero-order valence-corrected chi connectivity index (χ0v) is 86.8. The van der Waals surface area contributed by atoms with Gasteiger partial charge in [-0.15, -0.1) is 25.3 Å². The number of nitrogens with zero attached hydrogens (tertiary/aromatic N) is 10. The fraction of sp³-hybridized carbons (Fsp3) is 0.700. The molecular formula is C100H160N20O25. The van der Waals surface area contributed by atoms with Gasteiger partial charge in [-0.25, -0.2) is 24.0 Å². The Kier molecular flexibility index (Phi) is 53.7. The van der Waals surface area contributed by atoms with Gasteiger partial charge in [0.25, 0.3) is 29.5 Å². The molecule has 810 valence electrons. The number of likely N-dealkylation sites (tertiary alicyclic amines) is 5. The number of carbonyl (C=O) groups excluding carboxylic acids is 20. The number of carbonyl (C=O) groups is 20. The minimum Gasteiger partial charge on any atom is -0.355 e. The molecule has 0 spiro atoms. The highest BCUT2D eigenvalue weighted by atomic mass is 16.8. The molecule has 10 aliphatic rings. The van der Waals surface area contributed by atoms with Crippen molar-refractivity contribution in [2.75, 3.05) is 131 Å². The van der Waals surface area contributed by atoms with Gasteiger partial charge in [-0.1, -0.05) is 102 Å². The summed E-state index contributed by atoms with van der Waals surface area (Å²) >= 11 is 0. The van der Waals surface area contributed by atoms with Crippen molar-refractivity contribution in [1.29, 1.82) is 0 Å². The minimum absolute atomic E-state index is 0.0324. The number of amides is 15. The summed E-state index contributed by atoms with van der Waals surface area (Å²) in [5.41, 5.74) is 2.28. The summed E-state index contributed by atoms with van der Waals surface area (Å²) < 4.78 is 0. The Morgan fingerprint density at radius 3 is 0.510 bits per heavy atom. The van der Waals surface area contributed by atoms with Crippen LogP contribution >= 0.6 is 0 Å². The Bertz CT molecular complexity index is 3800. The van der Waals surface area contributed by atoms with Crippen molar-refractivity contribution < 1.29 is 120 Å². The van der Waals surface area contributed by atoms with Crippen LogP contribution in [0.4, 0.5) is 0 Å². The molecule has 45 heteroatoms. The van der Waals surface area contributed by atoms with Crippen LogP contribution in [-0.2, 0) is 120 Å². The largest absolute Gasteiger partial charge is 0.355 e. The monoisotopic (exact) mass is 2090 g/mol. The number of allylic oxidation sites excluding steroid dienone is 5. The highest BCUT2D eigenvalue weighted by molar-refractivity contribution is 5.89. The van der Waals surface area contributed by atoms with Crippen LogP contribution in [0.25, 0.3) is 0 Å². The lowest BCUT2D eigenvalue weighted by Crippen LogP contribution is -2.45. The molecule has 0 saturated carbocycles. The molecule has 10 rings (SSSR count). The average Bonchev–Trinajstić information content (AvgIpc) is 1.59. The number of nitrogens with one attached hydrogen (secondary N) is 10. The fourth-order valence-electron chi connectivity index (χ4n) is 17.6. The zero-order chi connectivity index (χ0) is 107. The van der Waals surface area contributed by atoms with Crippen LogP contribution in [0.3, 0.4) is 0 Å². The van der Waals surface area contributed by atoms with E-state index in [-0.39, 0.29) is 281 Å². The first-order valence-corrected chi connectivity index (χ1v) is 51.4. The van der Waals surface area contributed by atoms with Gasteiger partial charge in [0.1, 0.15) is 0 Å². The lowest BCUT2D eigenvalue weighted by Gasteiger charge is -2.25. The van der Waals surface area contributed by atoms with E-state index in [1.807, 2.05) is 0 Å². The Morgan fingerprint density at radius 1 is 0.234 bits per heavy atom. The molecule has 10 N–H and O–H groups in total. The molecule has 10 aliphatic heterocycles. The third-order valence-electron chi connectivity index (χ3n) is 24.5. The second-order valence-corrected chi connectivity index (χ2v) is 39.5. The summed E-state index contributed by atoms with van der Waals surface area (Å²) in [5.74, 6) is -3.46. The van der Waals surface area contributed by atoms with E-state index in [0.29, 0.717) is 90.2 Å². The molecule has 10 fully saturated rings. The highest BCUT2D eigenvalue weighted by Gasteiger charge is 2.39. The van der Waals surface area contributed by atoms with Crippen LogP contribution in [0.2, 0.25) is 0 Å². The molecule has 0 aromatic rings. The number of rotatable bonds is 50. The van der Waals surface area contributed by atoms with Crippen LogP contribution in [0, 0.1) is 29.6 Å². The van der Waals surface area contributed by atoms with Gasteiger partial charge in [0.05, 0.1) is 90.8 Å². The van der Waals surface area contributed by atoms with Crippen LogP contribution in [-0.4, -0.2) is 329 Å². The quantitative estimate of drug-likeness (QED) is 0.0307. The normalized spacial score (nSPS) is 19.7. The predicted octanol–water partition coefficient (Wildman–Crippen LogP) is 3.57. The van der Waals surface area contributed by atoms with Crippen molar-refractivity contribution in [1.82, 2.24) is 103 Å². The molecule has 5 unspecified atom stereocenters. The van der Waals surface area contributed by atoms with E-state index in [9.17, 15) is 95.9 Å². The molecule has 45 nitrogen and oxygen atoms in total. The predicted molar refractivity (Wildman–Crippen MR) is 530 cm³/mol. The van der Waals surface area contributed by atoms with Gasteiger partial charge in [0.15, 0.2) is 0 Å². The third kappa shape index (κ3) is 44.8. The Hall–Kier alpha value is -12.1. The topological polar surface area (TPSA) is 540 Å². The van der Waals surface area contributed by atoms with Gasteiger partial charge in [-0.05, 0) is 159 Å². The first-order valence-electron chi connectivity index (χ1n) is 51.4. The third-order valence-corrected chi connectivity index (χ3v) is 24.5. The van der Waals surface area contributed by atoms with Gasteiger partial charge < -0.3 is 77.4 Å². The van der Waals surface area contributed by atoms with Crippen molar-refractivity contribution >= 4 is 118 Å². The molecular weight excluding hydrogens is 1930 g/mol. The van der Waals surface area contributed by atoms with E-state index in [1.54, 1.807) is 0 Å². The van der Waals surface area contributed by atoms with Gasteiger partial charge >= 0.3 is 29.8 Å². The summed E-state index contributed by atoms with van der Waals surface area (Å²) in [5, 5.41) is 31.8. The summed E-state index contributed by atoms with van der Waals surface area (Å²) in [7, 11) is 0. The molecule has 5 atom stereocenters. The lowest BCUT2D eigenvalue weighted by molar-refractivity contribution is -0.186. The maximum Gasteiger partial charge on any atom is 0.334 e. The summed E-state index contributed by atoms with van der Waals surface area (Å²) in [6.45, 7) is 50.5. The van der Waals surface area contributed by atoms with E-state index in [1.165, 1.54) is 0 Å². The van der Waals surface area contributed by atoms with Crippen LogP contribution < -0.4 is 53.2 Å². The lowest BCUT2D eigenvalue weighted by atomic mass is 10.3. The zero-order valence-electron chi connectivity index (χ0n) is 86.8. The van der Waals surface area contributed by atoms with E-state index >= 15 is 0 Å². The molecule has 0 radical (unpaired) electrons. The number of hydroxylamine groups is 10. The van der Waals surface area contributed by atoms with Crippen molar-refractivity contribution in [2.45, 2.75) is 292 Å². The summed E-state index contributed by atoms with van der Waals surface area (Å²) in [6, 6.07) is -0.564. The second-order valence-electron chi connectivity index (χ2n) is 39.5. The summed E-state index contributed by atoms with van der Waals surface area (Å²) in [6.07, 6.45) is 13.5. The van der Waals surface area contributed by atoms with E-state index in [2.05, 4.69) is 180 Å². The first kappa shape index (κ1) is 122. The Balaban J connectivity index is 0.000000277. The van der Waals surface area contributed by atoms with Gasteiger partial charge in [0, 0.05) is 162 Å². The maximum absolute atomic E-state index is 12.4. The van der Waals surface area contributed by atoms with Crippen LogP contribution in [0.15, 0.2) is 61.4 Å². The molecule has 0 aliphatic carbocycles. The standard InChI is InChI=1S/5C20H32N4O5/c5*1-14(2)13-23-12-4-5-16(23)20(28)22-10-8-17(25)21-11-9-19(27)29-24-15(3)6-7-18(24)26/h5*14,16H,3-13H2,1-2H3,(H,21,25)(H,22,28)/i4+1,5+1,12+1,13+1,14+1,16+1,19+1,21+1,22+1;4+1,5+1,12+1,13+1,14+1,16+1,17+1,21+1,23+1;1+1,2+1,13+1,14+1,16+1,17+1,19+1,21+1,23+1;1+1,2+1,13+1,14+1,16+1,17+1,19+1,21+1,22+1;1+1,2+1,4+1,5+1,12+1,13+1,16+1,21+1,22+1. The average molecular weight is 2090 g/mol. The molecule has 0 aromatic carbocycles. The van der Waals surface area contributed by atoms with Crippen LogP contribution in [0.5, 0.6) is 0 Å². The van der Waals surface area contributed by atoms with Gasteiger partial charge in [-0.3, -0.25) is 96.4 Å². The van der Waals surface area contributed by atoms with Gasteiger partial charge in [-0.2, -0.15) is 0 Å². The van der Waals surface area contributed by atoms with Gasteiger partial charge in [0.2, 0.25) is 59.1 Å². The second kappa shape index (κ2) is 64.0. The molecule has 145 heavy (non-hydrogen) atoms. The smallest absolute Gasteiger partial charge is 0.334 e. The van der Waals surface area contributed by atoms with Crippen molar-refractivity contribution in [3.63, 3.8) is 0 Å². The van der Waals surface area contributed by atoms with E-state index in [0.717, 1.165) is 155 Å². The highest BCUT2D eigenvalue weighted by Crippen LogP contribution is 2.29. The maximum atomic E-state index is 12.4.